The zero-order valence-corrected chi connectivity index (χ0v) is 19.1. The molecule has 0 fully saturated rings. The summed E-state index contributed by atoms with van der Waals surface area (Å²) in [4.78, 5) is 55.1. The number of anilines is 2. The molecule has 0 saturated carbocycles. The van der Waals surface area contributed by atoms with Gasteiger partial charge in [-0.3, -0.25) is 19.2 Å². The van der Waals surface area contributed by atoms with Crippen molar-refractivity contribution in [2.45, 2.75) is 37.8 Å². The van der Waals surface area contributed by atoms with Crippen LogP contribution in [0.5, 0.6) is 0 Å². The van der Waals surface area contributed by atoms with E-state index in [-0.39, 0.29) is 12.0 Å². The maximum absolute atomic E-state index is 13.6. The zero-order valence-electron chi connectivity index (χ0n) is 19.1. The van der Waals surface area contributed by atoms with E-state index >= 15 is 0 Å². The van der Waals surface area contributed by atoms with E-state index in [1.54, 1.807) is 31.2 Å². The molecular formula is C24H26F2N4O4. The van der Waals surface area contributed by atoms with Crippen molar-refractivity contribution >= 4 is 34.9 Å². The van der Waals surface area contributed by atoms with Crippen LogP contribution in [-0.2, 0) is 25.6 Å². The predicted octanol–water partition coefficient (Wildman–Crippen LogP) is 1.70. The van der Waals surface area contributed by atoms with Crippen molar-refractivity contribution < 1.29 is 28.0 Å². The first-order valence-electron chi connectivity index (χ1n) is 10.7. The molecule has 3 amide bonds. The molecule has 2 aromatic carbocycles. The highest BCUT2D eigenvalue weighted by Crippen LogP contribution is 2.34. The van der Waals surface area contributed by atoms with Crippen LogP contribution in [0.2, 0.25) is 0 Å². The number of Topliss-reactive ketones (excluding diaryl/α,β-unsaturated/α-hetero) is 1. The quantitative estimate of drug-likeness (QED) is 0.596. The summed E-state index contributed by atoms with van der Waals surface area (Å²) < 4.78 is 26.9. The summed E-state index contributed by atoms with van der Waals surface area (Å²) in [5.74, 6) is -5.22. The van der Waals surface area contributed by atoms with E-state index < -0.39 is 53.1 Å². The molecule has 1 atom stereocenters. The Hall–Kier alpha value is -3.66. The molecule has 2 aromatic rings. The molecule has 0 bridgehead atoms. The van der Waals surface area contributed by atoms with Gasteiger partial charge in [-0.1, -0.05) is 25.5 Å². The molecule has 1 heterocycles. The van der Waals surface area contributed by atoms with Gasteiger partial charge >= 0.3 is 0 Å². The van der Waals surface area contributed by atoms with Crippen molar-refractivity contribution in [2.75, 3.05) is 23.9 Å². The molecule has 0 radical (unpaired) electrons. The number of rotatable bonds is 7. The SMILES string of the molecule is CCC[C@H](NC(=O)Cc1cc(F)cc(F)c1)C(=O)C1(N)C(=O)N(C)c2ccccc2N(C)C1=O. The van der Waals surface area contributed by atoms with Gasteiger partial charge in [0.1, 0.15) is 11.6 Å². The summed E-state index contributed by atoms with van der Waals surface area (Å²) in [6, 6.07) is 8.03. The second-order valence-corrected chi connectivity index (χ2v) is 8.25. The van der Waals surface area contributed by atoms with Crippen molar-refractivity contribution in [2.24, 2.45) is 5.73 Å². The fraction of sp³-hybridized carbons (Fsp3) is 0.333. The average molecular weight is 472 g/mol. The third-order valence-electron chi connectivity index (χ3n) is 5.79. The van der Waals surface area contributed by atoms with Gasteiger partial charge in [-0.25, -0.2) is 8.78 Å². The minimum absolute atomic E-state index is 0.0664. The summed E-state index contributed by atoms with van der Waals surface area (Å²) in [7, 11) is 2.82. The molecule has 0 saturated heterocycles. The van der Waals surface area contributed by atoms with E-state index in [1.165, 1.54) is 14.1 Å². The number of hydrogen-bond acceptors (Lipinski definition) is 5. The summed E-state index contributed by atoms with van der Waals surface area (Å²) in [6.07, 6.45) is 0.116. The fourth-order valence-electron chi connectivity index (χ4n) is 4.06. The van der Waals surface area contributed by atoms with Gasteiger partial charge in [-0.05, 0) is 36.2 Å². The van der Waals surface area contributed by atoms with Gasteiger partial charge in [0, 0.05) is 20.2 Å². The van der Waals surface area contributed by atoms with Crippen LogP contribution < -0.4 is 20.9 Å². The number of ketones is 1. The van der Waals surface area contributed by atoms with Crippen molar-refractivity contribution in [3.8, 4) is 0 Å². The molecule has 3 N–H and O–H groups in total. The molecule has 10 heteroatoms. The molecule has 8 nitrogen and oxygen atoms in total. The lowest BCUT2D eigenvalue weighted by Gasteiger charge is -2.31. The van der Waals surface area contributed by atoms with Crippen LogP contribution >= 0.6 is 0 Å². The Morgan fingerprint density at radius 2 is 1.50 bits per heavy atom. The number of nitrogens with two attached hydrogens (primary N) is 1. The number of fused-ring (bicyclic) bond motifs is 1. The van der Waals surface area contributed by atoms with Gasteiger partial charge in [0.2, 0.25) is 11.4 Å². The number of hydrogen-bond donors (Lipinski definition) is 2. The smallest absolute Gasteiger partial charge is 0.264 e. The van der Waals surface area contributed by atoms with Gasteiger partial charge in [0.25, 0.3) is 11.8 Å². The van der Waals surface area contributed by atoms with Crippen LogP contribution in [0.15, 0.2) is 42.5 Å². The Balaban J connectivity index is 1.91. The maximum Gasteiger partial charge on any atom is 0.264 e. The standard InChI is InChI=1S/C24H26F2N4O4/c1-4-7-17(28-20(31)12-14-10-15(25)13-16(26)11-14)21(32)24(27)22(33)29(2)18-8-5-6-9-19(18)30(3)23(24)34/h5-6,8-11,13,17H,4,7,12,27H2,1-3H3,(H,28,31)/t17-/m0/s1. The molecular weight excluding hydrogens is 446 g/mol. The first-order valence-corrected chi connectivity index (χ1v) is 10.7. The molecule has 1 aliphatic rings. The Bertz CT molecular complexity index is 1090. The fourth-order valence-corrected chi connectivity index (χ4v) is 4.06. The third kappa shape index (κ3) is 4.54. The lowest BCUT2D eigenvalue weighted by Crippen LogP contribution is -2.70. The van der Waals surface area contributed by atoms with Crippen molar-refractivity contribution in [1.82, 2.24) is 5.32 Å². The van der Waals surface area contributed by atoms with Gasteiger partial charge in [0.05, 0.1) is 23.8 Å². The van der Waals surface area contributed by atoms with E-state index in [0.29, 0.717) is 23.9 Å². The molecule has 180 valence electrons. The number of para-hydroxylation sites is 2. The normalized spacial score (nSPS) is 16.1. The van der Waals surface area contributed by atoms with Crippen LogP contribution in [0.1, 0.15) is 25.3 Å². The highest BCUT2D eigenvalue weighted by Gasteiger charge is 2.56. The van der Waals surface area contributed by atoms with E-state index in [2.05, 4.69) is 5.32 Å². The molecule has 0 spiro atoms. The first kappa shape index (κ1) is 25.0. The Morgan fingerprint density at radius 1 is 1.00 bits per heavy atom. The minimum Gasteiger partial charge on any atom is -0.346 e. The largest absolute Gasteiger partial charge is 0.346 e. The minimum atomic E-state index is -2.58. The number of halogens is 2. The molecule has 34 heavy (non-hydrogen) atoms. The maximum atomic E-state index is 13.6. The monoisotopic (exact) mass is 472 g/mol. The van der Waals surface area contributed by atoms with Crippen molar-refractivity contribution in [3.63, 3.8) is 0 Å². The Labute approximate surface area is 195 Å². The number of amides is 3. The lowest BCUT2D eigenvalue weighted by molar-refractivity contribution is -0.143. The van der Waals surface area contributed by atoms with Crippen LogP contribution in [0.25, 0.3) is 0 Å². The Kier molecular flexibility index (Phi) is 7.11. The number of carbonyl (C=O) groups is 4. The lowest BCUT2D eigenvalue weighted by atomic mass is 9.85. The second kappa shape index (κ2) is 9.68. The number of benzene rings is 2. The highest BCUT2D eigenvalue weighted by molar-refractivity contribution is 6.37. The number of nitrogens with zero attached hydrogens (tertiary/aromatic N) is 2. The predicted molar refractivity (Wildman–Crippen MR) is 122 cm³/mol. The molecule has 3 rings (SSSR count). The first-order chi connectivity index (χ1) is 16.0. The van der Waals surface area contributed by atoms with Gasteiger partial charge in [-0.2, -0.15) is 0 Å². The highest BCUT2D eigenvalue weighted by atomic mass is 19.1. The van der Waals surface area contributed by atoms with Crippen molar-refractivity contribution in [1.29, 1.82) is 0 Å². The Morgan fingerprint density at radius 3 is 1.97 bits per heavy atom. The van der Waals surface area contributed by atoms with Crippen molar-refractivity contribution in [3.05, 3.63) is 59.7 Å². The summed E-state index contributed by atoms with van der Waals surface area (Å²) in [6.45, 7) is 1.75. The number of nitrogens with one attached hydrogen (secondary N) is 1. The molecule has 0 unspecified atom stereocenters. The molecule has 0 aliphatic carbocycles. The number of carbonyl (C=O) groups excluding carboxylic acids is 4. The molecule has 1 aliphatic heterocycles. The van der Waals surface area contributed by atoms with E-state index in [0.717, 1.165) is 21.9 Å². The van der Waals surface area contributed by atoms with Gasteiger partial charge in [-0.15, -0.1) is 0 Å². The van der Waals surface area contributed by atoms with Gasteiger partial charge < -0.3 is 20.9 Å². The number of likely N-dealkylation sites (N-methyl/N-ethyl adjacent to an activating group) is 2. The topological polar surface area (TPSA) is 113 Å². The van der Waals surface area contributed by atoms with Crippen LogP contribution in [0, 0.1) is 11.6 Å². The van der Waals surface area contributed by atoms with Crippen LogP contribution in [0.3, 0.4) is 0 Å². The third-order valence-corrected chi connectivity index (χ3v) is 5.79. The average Bonchev–Trinajstić information content (AvgIpc) is 2.84. The van der Waals surface area contributed by atoms with E-state index in [1.807, 2.05) is 0 Å². The summed E-state index contributed by atoms with van der Waals surface area (Å²) in [5, 5.41) is 2.49. The van der Waals surface area contributed by atoms with Crippen LogP contribution in [-0.4, -0.2) is 49.2 Å². The summed E-state index contributed by atoms with van der Waals surface area (Å²) >= 11 is 0. The van der Waals surface area contributed by atoms with Gasteiger partial charge in [0.15, 0.2) is 5.78 Å². The van der Waals surface area contributed by atoms with Crippen LogP contribution in [0.4, 0.5) is 20.2 Å². The zero-order chi connectivity index (χ0) is 25.2. The van der Waals surface area contributed by atoms with E-state index in [9.17, 15) is 28.0 Å². The summed E-state index contributed by atoms with van der Waals surface area (Å²) in [5.41, 5.74) is 4.54. The molecule has 0 aromatic heterocycles. The van der Waals surface area contributed by atoms with E-state index in [4.69, 9.17) is 5.73 Å². The second-order valence-electron chi connectivity index (χ2n) is 8.25.